The molecule has 36 heavy (non-hydrogen) atoms. The first-order chi connectivity index (χ1) is 17.1. The predicted octanol–water partition coefficient (Wildman–Crippen LogP) is 4.53. The molecular formula is C26H29ClN4O4S. The zero-order chi connectivity index (χ0) is 26.3. The number of benzene rings is 2. The highest BCUT2D eigenvalue weighted by molar-refractivity contribution is 7.90. The summed E-state index contributed by atoms with van der Waals surface area (Å²) < 4.78 is 35.0. The van der Waals surface area contributed by atoms with E-state index in [4.69, 9.17) is 26.8 Å². The van der Waals surface area contributed by atoms with E-state index < -0.39 is 21.1 Å². The lowest BCUT2D eigenvalue weighted by atomic mass is 9.77. The molecule has 3 rings (SSSR count). The van der Waals surface area contributed by atoms with E-state index in [1.54, 1.807) is 6.07 Å². The molecule has 0 radical (unpaired) electrons. The van der Waals surface area contributed by atoms with Crippen molar-refractivity contribution < 1.29 is 17.9 Å². The summed E-state index contributed by atoms with van der Waals surface area (Å²) in [5.74, 6) is 0.451. The molecule has 0 bridgehead atoms. The average Bonchev–Trinajstić information content (AvgIpc) is 2.86. The first-order valence-corrected chi connectivity index (χ1v) is 13.6. The largest absolute Gasteiger partial charge is 0.491 e. The fourth-order valence-corrected chi connectivity index (χ4v) is 4.45. The van der Waals surface area contributed by atoms with Gasteiger partial charge in [0.15, 0.2) is 15.6 Å². The summed E-state index contributed by atoms with van der Waals surface area (Å²) in [5, 5.41) is 10.0. The average molecular weight is 529 g/mol. The summed E-state index contributed by atoms with van der Waals surface area (Å²) in [4.78, 5) is 8.24. The molecular weight excluding hydrogens is 500 g/mol. The number of nitrogens with two attached hydrogens (primary N) is 1. The van der Waals surface area contributed by atoms with Gasteiger partial charge in [-0.15, -0.1) is 0 Å². The van der Waals surface area contributed by atoms with Crippen LogP contribution < -0.4 is 15.2 Å². The molecule has 2 N–H and O–H groups in total. The quantitative estimate of drug-likeness (QED) is 0.384. The highest BCUT2D eigenvalue weighted by atomic mass is 35.5. The summed E-state index contributed by atoms with van der Waals surface area (Å²) in [6, 6.07) is 15.1. The molecule has 0 saturated heterocycles. The van der Waals surface area contributed by atoms with Gasteiger partial charge in [-0.2, -0.15) is 5.26 Å². The minimum Gasteiger partial charge on any atom is -0.491 e. The van der Waals surface area contributed by atoms with Crippen molar-refractivity contribution in [1.29, 1.82) is 5.26 Å². The van der Waals surface area contributed by atoms with E-state index in [1.165, 1.54) is 6.20 Å². The Bertz CT molecular complexity index is 1350. The molecule has 0 fully saturated rings. The van der Waals surface area contributed by atoms with Crippen molar-refractivity contribution >= 4 is 21.4 Å². The zero-order valence-electron chi connectivity index (χ0n) is 20.5. The van der Waals surface area contributed by atoms with Crippen molar-refractivity contribution in [2.75, 3.05) is 12.5 Å². The van der Waals surface area contributed by atoms with E-state index in [2.05, 4.69) is 29.9 Å². The molecule has 0 saturated carbocycles. The van der Waals surface area contributed by atoms with Crippen LogP contribution in [0.4, 0.5) is 0 Å². The number of ether oxygens (including phenoxy) is 2. The van der Waals surface area contributed by atoms with Crippen LogP contribution >= 0.6 is 11.6 Å². The normalized spacial score (nSPS) is 11.7. The lowest BCUT2D eigenvalue weighted by Crippen LogP contribution is -2.19. The Morgan fingerprint density at radius 2 is 1.83 bits per heavy atom. The van der Waals surface area contributed by atoms with Crippen LogP contribution in [0.1, 0.15) is 55.4 Å². The van der Waals surface area contributed by atoms with Gasteiger partial charge in [-0.3, -0.25) is 0 Å². The van der Waals surface area contributed by atoms with Crippen molar-refractivity contribution in [1.82, 2.24) is 9.97 Å². The van der Waals surface area contributed by atoms with E-state index in [0.717, 1.165) is 17.5 Å². The van der Waals surface area contributed by atoms with Crippen LogP contribution in [-0.2, 0) is 27.6 Å². The molecule has 0 amide bonds. The molecule has 8 nitrogen and oxygen atoms in total. The van der Waals surface area contributed by atoms with E-state index in [-0.39, 0.29) is 18.2 Å². The van der Waals surface area contributed by atoms with Crippen molar-refractivity contribution in [2.24, 2.45) is 5.73 Å². The van der Waals surface area contributed by atoms with Gasteiger partial charge < -0.3 is 15.2 Å². The van der Waals surface area contributed by atoms with Gasteiger partial charge in [0.25, 0.3) is 0 Å². The van der Waals surface area contributed by atoms with Gasteiger partial charge in [0, 0.05) is 11.6 Å². The lowest BCUT2D eigenvalue weighted by Gasteiger charge is -2.27. The molecule has 0 spiro atoms. The van der Waals surface area contributed by atoms with Crippen LogP contribution in [0.25, 0.3) is 0 Å². The smallest absolute Gasteiger partial charge is 0.170 e. The third-order valence-corrected chi connectivity index (χ3v) is 7.15. The van der Waals surface area contributed by atoms with Crippen LogP contribution in [0.3, 0.4) is 0 Å². The summed E-state index contributed by atoms with van der Waals surface area (Å²) in [7, 11) is -3.43. The maximum atomic E-state index is 11.7. The lowest BCUT2D eigenvalue weighted by molar-refractivity contribution is 0.300. The van der Waals surface area contributed by atoms with E-state index in [1.807, 2.05) is 43.3 Å². The molecule has 10 heteroatoms. The fraction of sp³-hybridized carbons (Fsp3) is 0.346. The number of aromatic nitrogens is 2. The molecule has 3 aromatic rings. The summed E-state index contributed by atoms with van der Waals surface area (Å²) >= 11 is 6.48. The topological polar surface area (TPSA) is 128 Å². The van der Waals surface area contributed by atoms with Gasteiger partial charge in [0.05, 0.1) is 28.8 Å². The van der Waals surface area contributed by atoms with Gasteiger partial charge in [-0.1, -0.05) is 44.5 Å². The summed E-state index contributed by atoms with van der Waals surface area (Å²) in [6.07, 6.45) is 2.31. The minimum atomic E-state index is -3.43. The first kappa shape index (κ1) is 27.4. The highest BCUT2D eigenvalue weighted by Crippen LogP contribution is 2.38. The van der Waals surface area contributed by atoms with Gasteiger partial charge in [-0.25, -0.2) is 18.4 Å². The van der Waals surface area contributed by atoms with Gasteiger partial charge in [0.1, 0.15) is 30.0 Å². The Labute approximate surface area is 217 Å². The number of hydrogen-bond donors (Lipinski definition) is 1. The van der Waals surface area contributed by atoms with Gasteiger partial charge in [0.2, 0.25) is 0 Å². The molecule has 1 heterocycles. The molecule has 1 aromatic heterocycles. The number of nitriles is 1. The van der Waals surface area contributed by atoms with E-state index in [9.17, 15) is 13.7 Å². The predicted molar refractivity (Wildman–Crippen MR) is 139 cm³/mol. The molecule has 0 aliphatic rings. The van der Waals surface area contributed by atoms with Crippen molar-refractivity contribution in [2.45, 2.75) is 45.0 Å². The number of nitrogens with zero attached hydrogens (tertiary/aromatic N) is 3. The standard InChI is InChI=1S/C26H29ClN4O4S/c1-4-11-34-25-18(14-28)12-20(13-23(25)27)26(2,3)19-5-7-22(8-6-19)35-15-21-9-10-30-24(31-21)16-36(32,33)17-29/h5-10,12-13H,4,11,15-17,29H2,1-3H3. The Hall–Kier alpha value is -3.19. The van der Waals surface area contributed by atoms with Crippen LogP contribution in [0.5, 0.6) is 11.5 Å². The number of sulfone groups is 1. The third kappa shape index (κ3) is 6.72. The highest BCUT2D eigenvalue weighted by Gasteiger charge is 2.26. The monoisotopic (exact) mass is 528 g/mol. The number of halogens is 1. The molecule has 190 valence electrons. The van der Waals surface area contributed by atoms with Crippen LogP contribution in [0, 0.1) is 11.3 Å². The van der Waals surface area contributed by atoms with Crippen LogP contribution in [0.15, 0.2) is 48.7 Å². The molecule has 0 unspecified atom stereocenters. The van der Waals surface area contributed by atoms with Crippen LogP contribution in [0.2, 0.25) is 5.02 Å². The number of hydrogen-bond acceptors (Lipinski definition) is 8. The van der Waals surface area contributed by atoms with Crippen molar-refractivity contribution in [3.63, 3.8) is 0 Å². The zero-order valence-corrected chi connectivity index (χ0v) is 22.1. The van der Waals surface area contributed by atoms with Gasteiger partial charge in [-0.05, 0) is 47.9 Å². The molecule has 0 aliphatic heterocycles. The van der Waals surface area contributed by atoms with E-state index in [0.29, 0.717) is 34.4 Å². The fourth-order valence-electron chi connectivity index (χ4n) is 3.53. The third-order valence-electron chi connectivity index (χ3n) is 5.67. The minimum absolute atomic E-state index is 0.154. The van der Waals surface area contributed by atoms with E-state index >= 15 is 0 Å². The molecule has 2 aromatic carbocycles. The summed E-state index contributed by atoms with van der Waals surface area (Å²) in [6.45, 7) is 6.74. The Kier molecular flexibility index (Phi) is 8.90. The molecule has 0 aliphatic carbocycles. The SMILES string of the molecule is CCCOc1c(Cl)cc(C(C)(C)c2ccc(OCc3ccnc(CS(=O)(=O)CN)n3)cc2)cc1C#N. The molecule has 0 atom stereocenters. The first-order valence-electron chi connectivity index (χ1n) is 11.4. The van der Waals surface area contributed by atoms with Gasteiger partial charge >= 0.3 is 0 Å². The number of rotatable bonds is 11. The second-order valence-corrected chi connectivity index (χ2v) is 11.3. The Morgan fingerprint density at radius 3 is 2.47 bits per heavy atom. The Balaban J connectivity index is 1.74. The summed E-state index contributed by atoms with van der Waals surface area (Å²) in [5.41, 5.74) is 7.68. The second kappa shape index (κ2) is 11.7. The van der Waals surface area contributed by atoms with Crippen LogP contribution in [-0.4, -0.2) is 30.9 Å². The van der Waals surface area contributed by atoms with Crippen molar-refractivity contribution in [3.8, 4) is 17.6 Å². The second-order valence-electron chi connectivity index (χ2n) is 8.75. The maximum Gasteiger partial charge on any atom is 0.170 e. The van der Waals surface area contributed by atoms with Crippen molar-refractivity contribution in [3.05, 3.63) is 81.9 Å². The Morgan fingerprint density at radius 1 is 1.11 bits per heavy atom. The maximum absolute atomic E-state index is 11.7.